The summed E-state index contributed by atoms with van der Waals surface area (Å²) in [5, 5.41) is 9.37. The van der Waals surface area contributed by atoms with Crippen LogP contribution in [0, 0.1) is 18.8 Å². The fraction of sp³-hybridized carbons (Fsp3) is 0.440. The van der Waals surface area contributed by atoms with Gasteiger partial charge in [0.15, 0.2) is 0 Å². The molecular weight excluding hydrogens is 422 g/mol. The van der Waals surface area contributed by atoms with E-state index < -0.39 is 6.10 Å². The number of nitrogens with zero attached hydrogens (tertiary/aromatic N) is 3. The van der Waals surface area contributed by atoms with Gasteiger partial charge in [-0.05, 0) is 76.4 Å². The summed E-state index contributed by atoms with van der Waals surface area (Å²) in [4.78, 5) is 20.8. The van der Waals surface area contributed by atoms with Crippen LogP contribution < -0.4 is 10.3 Å². The van der Waals surface area contributed by atoms with Gasteiger partial charge in [-0.1, -0.05) is 11.8 Å². The van der Waals surface area contributed by atoms with Crippen LogP contribution in [0.5, 0.6) is 5.75 Å². The number of rotatable bonds is 3. The van der Waals surface area contributed by atoms with E-state index in [2.05, 4.69) is 28.8 Å². The van der Waals surface area contributed by atoms with E-state index >= 15 is 0 Å². The minimum Gasteiger partial charge on any atom is -0.490 e. The number of aromatic nitrogens is 2. The smallest absolute Gasteiger partial charge is 0.275 e. The van der Waals surface area contributed by atoms with Gasteiger partial charge < -0.3 is 14.7 Å². The first-order chi connectivity index (χ1) is 15.4. The number of ether oxygens (including phenoxy) is 1. The summed E-state index contributed by atoms with van der Waals surface area (Å²) in [7, 11) is 2.23. The normalized spacial score (nSPS) is 23.7. The Bertz CT molecular complexity index is 1270. The highest BCUT2D eigenvalue weighted by molar-refractivity contribution is 7.19. The van der Waals surface area contributed by atoms with Gasteiger partial charge in [0, 0.05) is 12.1 Å². The highest BCUT2D eigenvalue weighted by Crippen LogP contribution is 2.36. The third-order valence-corrected chi connectivity index (χ3v) is 7.66. The third-order valence-electron chi connectivity index (χ3n) is 6.63. The van der Waals surface area contributed by atoms with E-state index in [9.17, 15) is 9.90 Å². The molecule has 32 heavy (non-hydrogen) atoms. The van der Waals surface area contributed by atoms with Crippen molar-refractivity contribution in [1.29, 1.82) is 0 Å². The lowest BCUT2D eigenvalue weighted by atomic mass is 10.0. The summed E-state index contributed by atoms with van der Waals surface area (Å²) in [6.07, 6.45) is 5.80. The van der Waals surface area contributed by atoms with Crippen molar-refractivity contribution in [3.63, 3.8) is 0 Å². The molecule has 0 saturated carbocycles. The predicted octanol–water partition coefficient (Wildman–Crippen LogP) is 3.49. The summed E-state index contributed by atoms with van der Waals surface area (Å²) in [5.74, 6) is 6.47. The topological polar surface area (TPSA) is 67.6 Å². The fourth-order valence-electron chi connectivity index (χ4n) is 4.94. The second-order valence-corrected chi connectivity index (χ2v) is 9.95. The molecule has 1 N–H and O–H groups in total. The average molecular weight is 450 g/mol. The number of aliphatic hydroxyl groups is 1. The molecule has 2 aliphatic heterocycles. The van der Waals surface area contributed by atoms with E-state index in [-0.39, 0.29) is 11.7 Å². The maximum atomic E-state index is 13.1. The largest absolute Gasteiger partial charge is 0.490 e. The van der Waals surface area contributed by atoms with Crippen molar-refractivity contribution in [2.75, 3.05) is 7.05 Å². The Morgan fingerprint density at radius 1 is 1.25 bits per heavy atom. The molecule has 3 aromatic rings. The van der Waals surface area contributed by atoms with Crippen LogP contribution in [0.25, 0.3) is 15.9 Å². The van der Waals surface area contributed by atoms with Crippen LogP contribution >= 0.6 is 11.3 Å². The van der Waals surface area contributed by atoms with Crippen molar-refractivity contribution in [1.82, 2.24) is 14.5 Å². The number of benzene rings is 1. The molecule has 166 valence electrons. The van der Waals surface area contributed by atoms with Crippen molar-refractivity contribution in [2.24, 2.45) is 0 Å². The number of fused-ring (bicyclic) bond motifs is 3. The lowest BCUT2D eigenvalue weighted by Crippen LogP contribution is -2.43. The molecule has 0 radical (unpaired) electrons. The third kappa shape index (κ3) is 3.95. The van der Waals surface area contributed by atoms with Gasteiger partial charge >= 0.3 is 0 Å². The van der Waals surface area contributed by atoms with E-state index in [1.807, 2.05) is 25.1 Å². The van der Waals surface area contributed by atoms with E-state index in [1.54, 1.807) is 23.9 Å². The first-order valence-corrected chi connectivity index (χ1v) is 11.9. The molecule has 2 saturated heterocycles. The maximum Gasteiger partial charge on any atom is 0.275 e. The van der Waals surface area contributed by atoms with Gasteiger partial charge in [-0.25, -0.2) is 4.98 Å². The second-order valence-electron chi connectivity index (χ2n) is 8.90. The Kier molecular flexibility index (Phi) is 5.54. The minimum absolute atomic E-state index is 0.117. The van der Waals surface area contributed by atoms with Crippen LogP contribution in [0.15, 0.2) is 35.4 Å². The molecule has 0 amide bonds. The van der Waals surface area contributed by atoms with Gasteiger partial charge in [-0.15, -0.1) is 11.3 Å². The van der Waals surface area contributed by atoms with Crippen LogP contribution in [-0.4, -0.2) is 50.9 Å². The molecule has 5 rings (SSSR count). The zero-order valence-electron chi connectivity index (χ0n) is 18.5. The maximum absolute atomic E-state index is 13.1. The Morgan fingerprint density at radius 2 is 2.00 bits per heavy atom. The highest BCUT2D eigenvalue weighted by atomic mass is 32.1. The molecule has 2 aliphatic rings. The summed E-state index contributed by atoms with van der Waals surface area (Å²) < 4.78 is 8.49. The summed E-state index contributed by atoms with van der Waals surface area (Å²) >= 11 is 1.30. The van der Waals surface area contributed by atoms with Gasteiger partial charge in [0.1, 0.15) is 29.0 Å². The van der Waals surface area contributed by atoms with Crippen LogP contribution in [0.1, 0.15) is 43.0 Å². The van der Waals surface area contributed by atoms with E-state index in [1.165, 1.54) is 24.2 Å². The molecule has 0 spiro atoms. The van der Waals surface area contributed by atoms with E-state index in [0.717, 1.165) is 34.7 Å². The molecule has 0 aliphatic carbocycles. The van der Waals surface area contributed by atoms with Crippen molar-refractivity contribution in [2.45, 2.75) is 63.8 Å². The van der Waals surface area contributed by atoms with Gasteiger partial charge in [0.25, 0.3) is 5.56 Å². The molecule has 1 aromatic carbocycles. The van der Waals surface area contributed by atoms with E-state index in [4.69, 9.17) is 4.74 Å². The average Bonchev–Trinajstić information content (AvgIpc) is 3.25. The van der Waals surface area contributed by atoms with Gasteiger partial charge in [0.05, 0.1) is 16.1 Å². The molecule has 4 heterocycles. The highest BCUT2D eigenvalue weighted by Gasteiger charge is 2.39. The number of aliphatic hydroxyl groups excluding tert-OH is 1. The molecule has 4 atom stereocenters. The Morgan fingerprint density at radius 3 is 2.69 bits per heavy atom. The van der Waals surface area contributed by atoms with Crippen LogP contribution in [0.3, 0.4) is 0 Å². The zero-order valence-corrected chi connectivity index (χ0v) is 19.4. The number of piperidine rings is 1. The molecule has 7 heteroatoms. The van der Waals surface area contributed by atoms with Crippen molar-refractivity contribution in [3.05, 3.63) is 51.4 Å². The first-order valence-electron chi connectivity index (χ1n) is 11.1. The van der Waals surface area contributed by atoms with Gasteiger partial charge in [-0.2, -0.15) is 0 Å². The van der Waals surface area contributed by atoms with Crippen molar-refractivity contribution in [3.8, 4) is 23.3 Å². The quantitative estimate of drug-likeness (QED) is 0.620. The van der Waals surface area contributed by atoms with Gasteiger partial charge in [-0.3, -0.25) is 9.36 Å². The molecule has 6 nitrogen and oxygen atoms in total. The van der Waals surface area contributed by atoms with E-state index in [0.29, 0.717) is 22.3 Å². The van der Waals surface area contributed by atoms with Crippen molar-refractivity contribution >= 4 is 21.6 Å². The number of thiophene rings is 1. The Hall–Kier alpha value is -2.66. The second kappa shape index (κ2) is 8.36. The molecule has 1 unspecified atom stereocenters. The molecule has 2 bridgehead atoms. The number of hydrogen-bond donors (Lipinski definition) is 1. The van der Waals surface area contributed by atoms with Crippen LogP contribution in [0.2, 0.25) is 0 Å². The zero-order chi connectivity index (χ0) is 22.4. The summed E-state index contributed by atoms with van der Waals surface area (Å²) in [6, 6.07) is 8.96. The lowest BCUT2D eigenvalue weighted by molar-refractivity contribution is 0.0661. The SMILES string of the molecule is Cc1cc(O[C@H]2C[C@H]3CC[C@@H](C2)N3C)ccc1-n1cnc2cc(C#CC(C)O)sc2c1=O. The Balaban J connectivity index is 1.40. The summed E-state index contributed by atoms with van der Waals surface area (Å²) in [6.45, 7) is 3.60. The van der Waals surface area contributed by atoms with Crippen LogP contribution in [-0.2, 0) is 0 Å². The van der Waals surface area contributed by atoms with Crippen LogP contribution in [0.4, 0.5) is 0 Å². The molecular formula is C25H27N3O3S. The Labute approximate surface area is 191 Å². The monoisotopic (exact) mass is 449 g/mol. The molecule has 2 aromatic heterocycles. The predicted molar refractivity (Wildman–Crippen MR) is 127 cm³/mol. The first kappa shape index (κ1) is 21.2. The van der Waals surface area contributed by atoms with Gasteiger partial charge in [0.2, 0.25) is 0 Å². The number of hydrogen-bond acceptors (Lipinski definition) is 6. The summed E-state index contributed by atoms with van der Waals surface area (Å²) in [5.41, 5.74) is 2.27. The van der Waals surface area contributed by atoms with Crippen molar-refractivity contribution < 1.29 is 9.84 Å². The molecule has 2 fully saturated rings. The lowest BCUT2D eigenvalue weighted by Gasteiger charge is -2.36. The minimum atomic E-state index is -0.710. The number of aryl methyl sites for hydroxylation is 1. The standard InChI is InChI=1S/C25H27N3O3S/c1-15-10-19(31-20-11-17-5-6-18(12-20)27(17)3)7-9-23(15)28-14-26-22-13-21(8-4-16(2)29)32-24(22)25(28)30/h7,9-10,13-14,16-18,20,29H,5-6,11-12H2,1-3H3/t16?,17-,18+,20+. The fourth-order valence-corrected chi connectivity index (χ4v) is 5.85.